The maximum Gasteiger partial charge on any atom is 0.273 e. The fraction of sp³-hybridized carbons (Fsp3) is 0.154. The standard InChI is InChI=1S/C13H10ClNO3S/c1-8-7-19-13(12(8)14)11(16)6-9-4-2-3-5-10(9)15(17)18/h2-5,7H,6H2,1H3. The van der Waals surface area contributed by atoms with Crippen molar-refractivity contribution in [1.82, 2.24) is 0 Å². The van der Waals surface area contributed by atoms with Gasteiger partial charge in [-0.25, -0.2) is 0 Å². The molecular formula is C13H10ClNO3S. The lowest BCUT2D eigenvalue weighted by Crippen LogP contribution is -2.04. The number of rotatable bonds is 4. The summed E-state index contributed by atoms with van der Waals surface area (Å²) in [6.45, 7) is 1.82. The van der Waals surface area contributed by atoms with Crippen LogP contribution in [0.3, 0.4) is 0 Å². The highest BCUT2D eigenvalue weighted by molar-refractivity contribution is 7.13. The number of benzene rings is 1. The highest BCUT2D eigenvalue weighted by Crippen LogP contribution is 2.29. The van der Waals surface area contributed by atoms with Crippen molar-refractivity contribution < 1.29 is 9.72 Å². The van der Waals surface area contributed by atoms with E-state index >= 15 is 0 Å². The molecule has 0 radical (unpaired) electrons. The molecule has 4 nitrogen and oxygen atoms in total. The Morgan fingerprint density at radius 3 is 2.68 bits per heavy atom. The molecule has 0 unspecified atom stereocenters. The predicted octanol–water partition coefficient (Wildman–Crippen LogP) is 4.04. The van der Waals surface area contributed by atoms with E-state index in [4.69, 9.17) is 11.6 Å². The van der Waals surface area contributed by atoms with Crippen LogP contribution in [0.1, 0.15) is 20.8 Å². The van der Waals surface area contributed by atoms with Gasteiger partial charge in [0.25, 0.3) is 5.69 Å². The summed E-state index contributed by atoms with van der Waals surface area (Å²) in [5.74, 6) is -0.197. The van der Waals surface area contributed by atoms with Gasteiger partial charge in [-0.2, -0.15) is 0 Å². The van der Waals surface area contributed by atoms with E-state index in [0.29, 0.717) is 15.5 Å². The number of nitro groups is 1. The van der Waals surface area contributed by atoms with Crippen LogP contribution in [0.4, 0.5) is 5.69 Å². The number of para-hydroxylation sites is 1. The first-order chi connectivity index (χ1) is 9.00. The van der Waals surface area contributed by atoms with Gasteiger partial charge < -0.3 is 0 Å². The SMILES string of the molecule is Cc1csc(C(=O)Cc2ccccc2[N+](=O)[O-])c1Cl. The minimum absolute atomic E-state index is 0.0170. The van der Waals surface area contributed by atoms with Crippen LogP contribution >= 0.6 is 22.9 Å². The van der Waals surface area contributed by atoms with Gasteiger partial charge in [0.1, 0.15) is 0 Å². The van der Waals surface area contributed by atoms with Gasteiger partial charge in [-0.05, 0) is 17.9 Å². The number of hydrogen-bond donors (Lipinski definition) is 0. The molecule has 1 aromatic carbocycles. The van der Waals surface area contributed by atoms with E-state index in [1.807, 2.05) is 6.92 Å². The van der Waals surface area contributed by atoms with E-state index in [2.05, 4.69) is 0 Å². The van der Waals surface area contributed by atoms with Crippen molar-refractivity contribution in [3.05, 3.63) is 60.8 Å². The first kappa shape index (κ1) is 13.7. The number of hydrogen-bond acceptors (Lipinski definition) is 4. The number of aryl methyl sites for hydroxylation is 1. The topological polar surface area (TPSA) is 60.2 Å². The van der Waals surface area contributed by atoms with E-state index in [-0.39, 0.29) is 17.9 Å². The Labute approximate surface area is 118 Å². The molecule has 0 spiro atoms. The highest BCUT2D eigenvalue weighted by atomic mass is 35.5. The minimum atomic E-state index is -0.482. The first-order valence-corrected chi connectivity index (χ1v) is 6.75. The third-order valence-electron chi connectivity index (χ3n) is 2.69. The normalized spacial score (nSPS) is 10.4. The Bertz CT molecular complexity index is 651. The van der Waals surface area contributed by atoms with Crippen LogP contribution in [-0.4, -0.2) is 10.7 Å². The summed E-state index contributed by atoms with van der Waals surface area (Å²) >= 11 is 7.29. The molecule has 0 amide bonds. The third kappa shape index (κ3) is 2.83. The molecule has 0 saturated carbocycles. The lowest BCUT2D eigenvalue weighted by Gasteiger charge is -2.01. The Kier molecular flexibility index (Phi) is 3.97. The van der Waals surface area contributed by atoms with E-state index in [0.717, 1.165) is 5.56 Å². The van der Waals surface area contributed by atoms with Gasteiger partial charge >= 0.3 is 0 Å². The number of carbonyl (C=O) groups is 1. The zero-order valence-corrected chi connectivity index (χ0v) is 11.6. The Hall–Kier alpha value is -1.72. The van der Waals surface area contributed by atoms with E-state index in [1.165, 1.54) is 17.4 Å². The average Bonchev–Trinajstić information content (AvgIpc) is 2.70. The Morgan fingerprint density at radius 2 is 2.11 bits per heavy atom. The largest absolute Gasteiger partial charge is 0.293 e. The Morgan fingerprint density at radius 1 is 1.42 bits per heavy atom. The molecule has 0 fully saturated rings. The van der Waals surface area contributed by atoms with Gasteiger partial charge in [-0.3, -0.25) is 14.9 Å². The van der Waals surface area contributed by atoms with Crippen molar-refractivity contribution in [1.29, 1.82) is 0 Å². The van der Waals surface area contributed by atoms with E-state index < -0.39 is 4.92 Å². The van der Waals surface area contributed by atoms with Gasteiger partial charge in [0.05, 0.1) is 14.8 Å². The number of Topliss-reactive ketones (excluding diaryl/α,β-unsaturated/α-hetero) is 1. The molecule has 2 rings (SSSR count). The summed E-state index contributed by atoms with van der Waals surface area (Å²) in [6.07, 6.45) is -0.0170. The van der Waals surface area contributed by atoms with E-state index in [9.17, 15) is 14.9 Å². The van der Waals surface area contributed by atoms with Crippen molar-refractivity contribution in [2.75, 3.05) is 0 Å². The van der Waals surface area contributed by atoms with Crippen LogP contribution in [0.25, 0.3) is 0 Å². The van der Waals surface area contributed by atoms with Crippen LogP contribution in [0.2, 0.25) is 5.02 Å². The van der Waals surface area contributed by atoms with Crippen LogP contribution in [-0.2, 0) is 6.42 Å². The van der Waals surface area contributed by atoms with Crippen LogP contribution in [0.15, 0.2) is 29.6 Å². The predicted molar refractivity (Wildman–Crippen MR) is 75.2 cm³/mol. The van der Waals surface area contributed by atoms with Crippen molar-refractivity contribution >= 4 is 34.4 Å². The second-order valence-corrected chi connectivity index (χ2v) is 5.31. The summed E-state index contributed by atoms with van der Waals surface area (Å²) in [7, 11) is 0. The summed E-state index contributed by atoms with van der Waals surface area (Å²) < 4.78 is 0. The van der Waals surface area contributed by atoms with Gasteiger partial charge in [0.15, 0.2) is 5.78 Å². The van der Waals surface area contributed by atoms with Gasteiger partial charge in [0.2, 0.25) is 0 Å². The number of nitro benzene ring substituents is 1. The van der Waals surface area contributed by atoms with Crippen molar-refractivity contribution in [2.45, 2.75) is 13.3 Å². The van der Waals surface area contributed by atoms with Crippen molar-refractivity contribution in [3.8, 4) is 0 Å². The zero-order chi connectivity index (χ0) is 14.0. The highest BCUT2D eigenvalue weighted by Gasteiger charge is 2.19. The number of ketones is 1. The van der Waals surface area contributed by atoms with Crippen LogP contribution < -0.4 is 0 Å². The minimum Gasteiger partial charge on any atom is -0.293 e. The maximum atomic E-state index is 12.1. The smallest absolute Gasteiger partial charge is 0.273 e. The number of nitrogens with zero attached hydrogens (tertiary/aromatic N) is 1. The molecule has 0 N–H and O–H groups in total. The third-order valence-corrected chi connectivity index (χ3v) is 4.43. The molecule has 0 aliphatic heterocycles. The van der Waals surface area contributed by atoms with E-state index in [1.54, 1.807) is 23.6 Å². The van der Waals surface area contributed by atoms with Crippen LogP contribution in [0.5, 0.6) is 0 Å². The van der Waals surface area contributed by atoms with Crippen molar-refractivity contribution in [2.24, 2.45) is 0 Å². The second-order valence-electron chi connectivity index (χ2n) is 4.05. The number of thiophene rings is 1. The summed E-state index contributed by atoms with van der Waals surface area (Å²) in [5, 5.41) is 13.1. The molecular weight excluding hydrogens is 286 g/mol. The molecule has 1 aromatic heterocycles. The second kappa shape index (κ2) is 5.50. The van der Waals surface area contributed by atoms with Gasteiger partial charge in [-0.15, -0.1) is 11.3 Å². The summed E-state index contributed by atoms with van der Waals surface area (Å²) in [6, 6.07) is 6.24. The molecule has 0 aliphatic rings. The Balaban J connectivity index is 2.29. The van der Waals surface area contributed by atoms with Crippen molar-refractivity contribution in [3.63, 3.8) is 0 Å². The molecule has 19 heavy (non-hydrogen) atoms. The summed E-state index contributed by atoms with van der Waals surface area (Å²) in [5.41, 5.74) is 1.21. The number of carbonyl (C=O) groups excluding carboxylic acids is 1. The maximum absolute atomic E-state index is 12.1. The average molecular weight is 296 g/mol. The summed E-state index contributed by atoms with van der Waals surface area (Å²) in [4.78, 5) is 23.0. The monoisotopic (exact) mass is 295 g/mol. The molecule has 2 aromatic rings. The molecule has 1 heterocycles. The molecule has 0 saturated heterocycles. The molecule has 98 valence electrons. The first-order valence-electron chi connectivity index (χ1n) is 5.49. The number of halogens is 1. The lowest BCUT2D eigenvalue weighted by atomic mass is 10.1. The fourth-order valence-corrected chi connectivity index (χ4v) is 2.95. The molecule has 0 atom stereocenters. The molecule has 6 heteroatoms. The molecule has 0 aliphatic carbocycles. The quantitative estimate of drug-likeness (QED) is 0.486. The van der Waals surface area contributed by atoms with Crippen LogP contribution in [0, 0.1) is 17.0 Å². The fourth-order valence-electron chi connectivity index (χ4n) is 1.71. The zero-order valence-electron chi connectivity index (χ0n) is 10.1. The molecule has 0 bridgehead atoms. The van der Waals surface area contributed by atoms with Gasteiger partial charge in [-0.1, -0.05) is 29.8 Å². The van der Waals surface area contributed by atoms with Gasteiger partial charge in [0, 0.05) is 18.1 Å². The lowest BCUT2D eigenvalue weighted by molar-refractivity contribution is -0.385.